The molecule has 17 heavy (non-hydrogen) atoms. The molecule has 5 nitrogen and oxygen atoms in total. The Morgan fingerprint density at radius 2 is 2.18 bits per heavy atom. The highest BCUT2D eigenvalue weighted by molar-refractivity contribution is 6.29. The van der Waals surface area contributed by atoms with Gasteiger partial charge in [-0.15, -0.1) is 0 Å². The summed E-state index contributed by atoms with van der Waals surface area (Å²) in [4.78, 5) is 7.95. The van der Waals surface area contributed by atoms with Crippen molar-refractivity contribution in [2.75, 3.05) is 21.1 Å². The van der Waals surface area contributed by atoms with E-state index in [1.165, 1.54) is 0 Å². The topological polar surface area (TPSA) is 55.2 Å². The van der Waals surface area contributed by atoms with Gasteiger partial charge in [-0.1, -0.05) is 17.7 Å². The summed E-state index contributed by atoms with van der Waals surface area (Å²) < 4.78 is 0. The molecule has 6 heteroatoms. The lowest BCUT2D eigenvalue weighted by Crippen LogP contribution is -2.50. The molecule has 0 radical (unpaired) electrons. The maximum Gasteiger partial charge on any atom is 0.178 e. The fraction of sp³-hybridized carbons (Fsp3) is 0.455. The molecule has 1 aromatic rings. The standard InChI is InChI=1S/C11H16ClN5/c1-16(2)11(15-8-13)17(3)7-9-4-5-10(12)14-6-9/h4-6,11,15H,7H2,1-3H3. The van der Waals surface area contributed by atoms with Gasteiger partial charge in [0.25, 0.3) is 0 Å². The average molecular weight is 254 g/mol. The molecular weight excluding hydrogens is 238 g/mol. The van der Waals surface area contributed by atoms with Crippen LogP contribution in [0.3, 0.4) is 0 Å². The molecule has 1 N–H and O–H groups in total. The van der Waals surface area contributed by atoms with Crippen molar-refractivity contribution in [3.8, 4) is 6.19 Å². The molecule has 1 atom stereocenters. The van der Waals surface area contributed by atoms with E-state index in [9.17, 15) is 0 Å². The highest BCUT2D eigenvalue weighted by atomic mass is 35.5. The molecule has 0 aliphatic rings. The second kappa shape index (κ2) is 6.40. The van der Waals surface area contributed by atoms with Gasteiger partial charge in [-0.2, -0.15) is 5.26 Å². The molecule has 0 saturated carbocycles. The Morgan fingerprint density at radius 1 is 1.47 bits per heavy atom. The first-order chi connectivity index (χ1) is 8.04. The van der Waals surface area contributed by atoms with Crippen molar-refractivity contribution >= 4 is 11.6 Å². The van der Waals surface area contributed by atoms with Crippen molar-refractivity contribution in [1.29, 1.82) is 5.26 Å². The average Bonchev–Trinajstić information content (AvgIpc) is 2.28. The summed E-state index contributed by atoms with van der Waals surface area (Å²) in [5.74, 6) is 0. The fourth-order valence-corrected chi connectivity index (χ4v) is 1.68. The second-order valence-corrected chi connectivity index (χ2v) is 4.38. The number of nitriles is 1. The Labute approximate surface area is 107 Å². The molecule has 1 heterocycles. The van der Waals surface area contributed by atoms with E-state index in [0.29, 0.717) is 11.7 Å². The smallest absolute Gasteiger partial charge is 0.178 e. The molecular formula is C11H16ClN5. The van der Waals surface area contributed by atoms with Gasteiger partial charge in [-0.05, 0) is 32.8 Å². The van der Waals surface area contributed by atoms with Crippen molar-refractivity contribution in [3.05, 3.63) is 29.0 Å². The van der Waals surface area contributed by atoms with Crippen LogP contribution in [0.1, 0.15) is 5.56 Å². The SMILES string of the molecule is CN(C)C(NC#N)N(C)Cc1ccc(Cl)nc1. The van der Waals surface area contributed by atoms with Crippen LogP contribution in [0.2, 0.25) is 5.15 Å². The summed E-state index contributed by atoms with van der Waals surface area (Å²) in [5.41, 5.74) is 1.04. The lowest BCUT2D eigenvalue weighted by atomic mass is 10.3. The van der Waals surface area contributed by atoms with Crippen LogP contribution in [0.25, 0.3) is 0 Å². The number of hydrogen-bond donors (Lipinski definition) is 1. The van der Waals surface area contributed by atoms with E-state index >= 15 is 0 Å². The van der Waals surface area contributed by atoms with Crippen molar-refractivity contribution in [3.63, 3.8) is 0 Å². The van der Waals surface area contributed by atoms with Crippen LogP contribution >= 0.6 is 11.6 Å². The zero-order chi connectivity index (χ0) is 12.8. The van der Waals surface area contributed by atoms with Gasteiger partial charge in [0.1, 0.15) is 11.4 Å². The third-order valence-corrected chi connectivity index (χ3v) is 2.54. The molecule has 0 spiro atoms. The molecule has 0 aromatic carbocycles. The van der Waals surface area contributed by atoms with E-state index in [4.69, 9.17) is 16.9 Å². The van der Waals surface area contributed by atoms with Gasteiger partial charge in [0.15, 0.2) is 6.19 Å². The summed E-state index contributed by atoms with van der Waals surface area (Å²) in [6.45, 7) is 0.682. The largest absolute Gasteiger partial charge is 0.294 e. The fourth-order valence-electron chi connectivity index (χ4n) is 1.57. The number of halogens is 1. The van der Waals surface area contributed by atoms with Gasteiger partial charge < -0.3 is 0 Å². The maximum absolute atomic E-state index is 8.69. The molecule has 0 aliphatic heterocycles. The summed E-state index contributed by atoms with van der Waals surface area (Å²) in [6.07, 6.45) is 3.55. The van der Waals surface area contributed by atoms with E-state index in [0.717, 1.165) is 5.56 Å². The normalized spacial score (nSPS) is 12.5. The minimum absolute atomic E-state index is 0.143. The minimum Gasteiger partial charge on any atom is -0.294 e. The first-order valence-corrected chi connectivity index (χ1v) is 5.54. The number of hydrogen-bond acceptors (Lipinski definition) is 5. The first kappa shape index (κ1) is 13.7. The zero-order valence-electron chi connectivity index (χ0n) is 10.2. The number of nitrogens with zero attached hydrogens (tertiary/aromatic N) is 4. The molecule has 0 bridgehead atoms. The number of pyridine rings is 1. The predicted octanol–water partition coefficient (Wildman–Crippen LogP) is 1.08. The van der Waals surface area contributed by atoms with Gasteiger partial charge in [0.05, 0.1) is 0 Å². The van der Waals surface area contributed by atoms with E-state index < -0.39 is 0 Å². The van der Waals surface area contributed by atoms with Gasteiger partial charge >= 0.3 is 0 Å². The monoisotopic (exact) mass is 253 g/mol. The van der Waals surface area contributed by atoms with Gasteiger partial charge in [-0.25, -0.2) is 4.98 Å². The lowest BCUT2D eigenvalue weighted by Gasteiger charge is -2.31. The first-order valence-electron chi connectivity index (χ1n) is 5.16. The van der Waals surface area contributed by atoms with Crippen molar-refractivity contribution in [2.24, 2.45) is 0 Å². The van der Waals surface area contributed by atoms with E-state index in [-0.39, 0.29) is 6.29 Å². The molecule has 92 valence electrons. The van der Waals surface area contributed by atoms with Crippen molar-refractivity contribution in [1.82, 2.24) is 20.1 Å². The third kappa shape index (κ3) is 4.19. The number of aromatic nitrogens is 1. The van der Waals surface area contributed by atoms with E-state index in [1.807, 2.05) is 43.2 Å². The second-order valence-electron chi connectivity index (χ2n) is 4.00. The van der Waals surface area contributed by atoms with Gasteiger partial charge in [0, 0.05) is 12.7 Å². The predicted molar refractivity (Wildman–Crippen MR) is 66.9 cm³/mol. The van der Waals surface area contributed by atoms with Crippen LogP contribution in [0.15, 0.2) is 18.3 Å². The van der Waals surface area contributed by atoms with Crippen LogP contribution in [0, 0.1) is 11.5 Å². The summed E-state index contributed by atoms with van der Waals surface area (Å²) in [6, 6.07) is 3.68. The highest BCUT2D eigenvalue weighted by Gasteiger charge is 2.16. The number of nitrogens with one attached hydrogen (secondary N) is 1. The van der Waals surface area contributed by atoms with Gasteiger partial charge in [0.2, 0.25) is 0 Å². The Bertz CT molecular complexity index is 384. The summed E-state index contributed by atoms with van der Waals surface area (Å²) >= 11 is 5.72. The third-order valence-electron chi connectivity index (χ3n) is 2.32. The lowest BCUT2D eigenvalue weighted by molar-refractivity contribution is 0.0818. The molecule has 0 aliphatic carbocycles. The van der Waals surface area contributed by atoms with Gasteiger partial charge in [-0.3, -0.25) is 15.1 Å². The molecule has 1 unspecified atom stereocenters. The van der Waals surface area contributed by atoms with Crippen LogP contribution in [0.4, 0.5) is 0 Å². The van der Waals surface area contributed by atoms with E-state index in [2.05, 4.69) is 10.3 Å². The molecule has 0 saturated heterocycles. The number of rotatable bonds is 5. The van der Waals surface area contributed by atoms with Crippen molar-refractivity contribution < 1.29 is 0 Å². The molecule has 1 aromatic heterocycles. The highest BCUT2D eigenvalue weighted by Crippen LogP contribution is 2.08. The van der Waals surface area contributed by atoms with E-state index in [1.54, 1.807) is 12.3 Å². The Balaban J connectivity index is 2.66. The van der Waals surface area contributed by atoms with Crippen LogP contribution in [-0.2, 0) is 6.54 Å². The minimum atomic E-state index is -0.143. The summed E-state index contributed by atoms with van der Waals surface area (Å²) in [5, 5.41) is 11.9. The van der Waals surface area contributed by atoms with Crippen LogP contribution < -0.4 is 5.32 Å². The van der Waals surface area contributed by atoms with Crippen LogP contribution in [-0.4, -0.2) is 42.2 Å². The Hall–Kier alpha value is -1.35. The molecule has 0 amide bonds. The quantitative estimate of drug-likeness (QED) is 0.368. The maximum atomic E-state index is 8.69. The molecule has 0 fully saturated rings. The Kier molecular flexibility index (Phi) is 5.16. The molecule has 1 rings (SSSR count). The Morgan fingerprint density at radius 3 is 2.65 bits per heavy atom. The van der Waals surface area contributed by atoms with Crippen molar-refractivity contribution in [2.45, 2.75) is 12.8 Å². The zero-order valence-corrected chi connectivity index (χ0v) is 10.9. The summed E-state index contributed by atoms with van der Waals surface area (Å²) in [7, 11) is 5.75. The van der Waals surface area contributed by atoms with Crippen LogP contribution in [0.5, 0.6) is 0 Å².